The van der Waals surface area contributed by atoms with Crippen molar-refractivity contribution >= 4 is 23.3 Å². The highest BCUT2D eigenvalue weighted by Crippen LogP contribution is 2.38. The summed E-state index contributed by atoms with van der Waals surface area (Å²) in [5, 5.41) is 2.91. The van der Waals surface area contributed by atoms with Crippen molar-refractivity contribution in [1.82, 2.24) is 10.3 Å². The summed E-state index contributed by atoms with van der Waals surface area (Å²) in [7, 11) is 1.44. The van der Waals surface area contributed by atoms with Crippen LogP contribution < -0.4 is 10.1 Å². The van der Waals surface area contributed by atoms with Crippen LogP contribution in [0.5, 0.6) is 5.75 Å². The lowest BCUT2D eigenvalue weighted by Gasteiger charge is -2.15. The Balaban J connectivity index is 1.93. The summed E-state index contributed by atoms with van der Waals surface area (Å²) in [6, 6.07) is 5.22. The first kappa shape index (κ1) is 18.9. The summed E-state index contributed by atoms with van der Waals surface area (Å²) in [4.78, 5) is 29.3. The highest BCUT2D eigenvalue weighted by molar-refractivity contribution is 6.33. The molecule has 27 heavy (non-hydrogen) atoms. The zero-order valence-corrected chi connectivity index (χ0v) is 15.4. The van der Waals surface area contributed by atoms with Gasteiger partial charge in [-0.05, 0) is 31.2 Å². The fraction of sp³-hybridized carbons (Fsp3) is 0.250. The van der Waals surface area contributed by atoms with E-state index in [9.17, 15) is 14.0 Å². The maximum absolute atomic E-state index is 13.0. The Morgan fingerprint density at radius 3 is 2.74 bits per heavy atom. The molecule has 0 bridgehead atoms. The number of carbonyl (C=O) groups excluding carboxylic acids is 2. The van der Waals surface area contributed by atoms with E-state index in [-0.39, 0.29) is 17.2 Å². The number of pyridine rings is 1. The molecule has 1 aromatic carbocycles. The SMILES string of the molecule is CC#Cc1cc(Cl)c(C2C(=O)NC(Cc3ccc(F)cn3)C2=O)c(OC)c1. The molecule has 0 radical (unpaired) electrons. The number of halogens is 2. The van der Waals surface area contributed by atoms with Crippen LogP contribution in [0, 0.1) is 17.7 Å². The Bertz CT molecular complexity index is 964. The summed E-state index contributed by atoms with van der Waals surface area (Å²) < 4.78 is 18.4. The van der Waals surface area contributed by atoms with Gasteiger partial charge in [0.2, 0.25) is 5.91 Å². The second kappa shape index (κ2) is 7.77. The van der Waals surface area contributed by atoms with Crippen LogP contribution in [0.3, 0.4) is 0 Å². The van der Waals surface area contributed by atoms with Crippen molar-refractivity contribution in [3.63, 3.8) is 0 Å². The van der Waals surface area contributed by atoms with Crippen molar-refractivity contribution < 1.29 is 18.7 Å². The molecule has 2 unspecified atom stereocenters. The summed E-state index contributed by atoms with van der Waals surface area (Å²) in [6.07, 6.45) is 1.24. The van der Waals surface area contributed by atoms with Crippen LogP contribution in [-0.4, -0.2) is 29.8 Å². The quantitative estimate of drug-likeness (QED) is 0.648. The Morgan fingerprint density at radius 1 is 1.33 bits per heavy atom. The summed E-state index contributed by atoms with van der Waals surface area (Å²) in [5.74, 6) is 3.62. The van der Waals surface area contributed by atoms with E-state index in [1.165, 1.54) is 19.2 Å². The third-order valence-electron chi connectivity index (χ3n) is 4.28. The number of benzene rings is 1. The van der Waals surface area contributed by atoms with Crippen LogP contribution in [0.2, 0.25) is 5.02 Å². The number of Topliss-reactive ketones (excluding diaryl/α,β-unsaturated/α-hetero) is 1. The number of aromatic nitrogens is 1. The van der Waals surface area contributed by atoms with Crippen molar-refractivity contribution in [3.05, 3.63) is 58.1 Å². The van der Waals surface area contributed by atoms with Gasteiger partial charge >= 0.3 is 0 Å². The maximum atomic E-state index is 13.0. The number of nitrogens with one attached hydrogen (secondary N) is 1. The van der Waals surface area contributed by atoms with Crippen LogP contribution in [0.1, 0.15) is 29.7 Å². The summed E-state index contributed by atoms with van der Waals surface area (Å²) in [5.41, 5.74) is 1.45. The number of hydrogen-bond donors (Lipinski definition) is 1. The molecule has 7 heteroatoms. The molecule has 1 aliphatic rings. The fourth-order valence-electron chi connectivity index (χ4n) is 3.08. The van der Waals surface area contributed by atoms with Gasteiger partial charge in [-0.3, -0.25) is 14.6 Å². The average Bonchev–Trinajstić information content (AvgIpc) is 2.90. The van der Waals surface area contributed by atoms with Gasteiger partial charge in [0.15, 0.2) is 5.78 Å². The molecule has 2 atom stereocenters. The van der Waals surface area contributed by atoms with Crippen LogP contribution >= 0.6 is 11.6 Å². The van der Waals surface area contributed by atoms with Gasteiger partial charge in [0.05, 0.1) is 19.3 Å². The smallest absolute Gasteiger partial charge is 0.235 e. The van der Waals surface area contributed by atoms with Crippen LogP contribution in [0.4, 0.5) is 4.39 Å². The summed E-state index contributed by atoms with van der Waals surface area (Å²) in [6.45, 7) is 1.69. The van der Waals surface area contributed by atoms with Gasteiger partial charge in [-0.2, -0.15) is 0 Å². The van der Waals surface area contributed by atoms with E-state index in [0.29, 0.717) is 22.6 Å². The minimum absolute atomic E-state index is 0.167. The molecular formula is C20H16ClFN2O3. The van der Waals surface area contributed by atoms with Crippen molar-refractivity contribution in [2.75, 3.05) is 7.11 Å². The lowest BCUT2D eigenvalue weighted by molar-refractivity contribution is -0.124. The fourth-order valence-corrected chi connectivity index (χ4v) is 3.40. The van der Waals surface area contributed by atoms with E-state index in [1.807, 2.05) is 0 Å². The Labute approximate surface area is 160 Å². The standard InChI is InChI=1S/C20H16ClFN2O3/c1-3-4-11-7-14(21)17(16(8-11)27-2)18-19(25)15(24-20(18)26)9-13-6-5-12(22)10-23-13/h5-8,10,15,18H,9H2,1-2H3,(H,24,26). The first-order chi connectivity index (χ1) is 12.9. The third-order valence-corrected chi connectivity index (χ3v) is 4.59. The van der Waals surface area contributed by atoms with Gasteiger partial charge in [0.1, 0.15) is 17.5 Å². The maximum Gasteiger partial charge on any atom is 0.235 e. The zero-order chi connectivity index (χ0) is 19.6. The molecule has 5 nitrogen and oxygen atoms in total. The Morgan fingerprint density at radius 2 is 2.11 bits per heavy atom. The molecular weight excluding hydrogens is 371 g/mol. The normalized spacial score (nSPS) is 18.7. The number of methoxy groups -OCH3 is 1. The number of ketones is 1. The van der Waals surface area contributed by atoms with Gasteiger partial charge in [-0.1, -0.05) is 17.5 Å². The van der Waals surface area contributed by atoms with Crippen LogP contribution in [0.15, 0.2) is 30.5 Å². The van der Waals surface area contributed by atoms with E-state index in [1.54, 1.807) is 19.1 Å². The van der Waals surface area contributed by atoms with Crippen molar-refractivity contribution in [2.45, 2.75) is 25.3 Å². The topological polar surface area (TPSA) is 68.3 Å². The van der Waals surface area contributed by atoms with Crippen molar-refractivity contribution in [2.24, 2.45) is 0 Å². The van der Waals surface area contributed by atoms with E-state index in [4.69, 9.17) is 16.3 Å². The second-order valence-corrected chi connectivity index (χ2v) is 6.42. The first-order valence-electron chi connectivity index (χ1n) is 8.19. The lowest BCUT2D eigenvalue weighted by atomic mass is 9.91. The van der Waals surface area contributed by atoms with Crippen molar-refractivity contribution in [1.29, 1.82) is 0 Å². The molecule has 1 fully saturated rings. The van der Waals surface area contributed by atoms with E-state index >= 15 is 0 Å². The highest BCUT2D eigenvalue weighted by atomic mass is 35.5. The average molecular weight is 387 g/mol. The number of amides is 1. The number of nitrogens with zero attached hydrogens (tertiary/aromatic N) is 1. The molecule has 3 rings (SSSR count). The predicted molar refractivity (Wildman–Crippen MR) is 98.1 cm³/mol. The molecule has 1 aromatic heterocycles. The molecule has 2 heterocycles. The van der Waals surface area contributed by atoms with Gasteiger partial charge in [0, 0.05) is 28.3 Å². The van der Waals surface area contributed by atoms with Crippen LogP contribution in [0.25, 0.3) is 0 Å². The lowest BCUT2D eigenvalue weighted by Crippen LogP contribution is -2.31. The number of carbonyl (C=O) groups is 2. The molecule has 0 aliphatic carbocycles. The van der Waals surface area contributed by atoms with Gasteiger partial charge < -0.3 is 10.1 Å². The second-order valence-electron chi connectivity index (χ2n) is 6.02. The van der Waals surface area contributed by atoms with E-state index < -0.39 is 23.7 Å². The number of hydrogen-bond acceptors (Lipinski definition) is 4. The summed E-state index contributed by atoms with van der Waals surface area (Å²) >= 11 is 6.35. The third kappa shape index (κ3) is 3.79. The minimum Gasteiger partial charge on any atom is -0.496 e. The van der Waals surface area contributed by atoms with Crippen LogP contribution in [-0.2, 0) is 16.0 Å². The van der Waals surface area contributed by atoms with Gasteiger partial charge in [-0.25, -0.2) is 4.39 Å². The molecule has 1 N–H and O–H groups in total. The molecule has 138 valence electrons. The predicted octanol–water partition coefficient (Wildman–Crippen LogP) is 2.65. The molecule has 2 aromatic rings. The van der Waals surface area contributed by atoms with E-state index in [0.717, 1.165) is 6.20 Å². The Hall–Kier alpha value is -2.91. The molecule has 1 amide bonds. The molecule has 1 aliphatic heterocycles. The van der Waals surface area contributed by atoms with Crippen molar-refractivity contribution in [3.8, 4) is 17.6 Å². The monoisotopic (exact) mass is 386 g/mol. The number of ether oxygens (including phenoxy) is 1. The van der Waals surface area contributed by atoms with Gasteiger partial charge in [-0.15, -0.1) is 5.92 Å². The molecule has 0 spiro atoms. The molecule has 0 saturated carbocycles. The largest absolute Gasteiger partial charge is 0.496 e. The molecule has 1 saturated heterocycles. The highest BCUT2D eigenvalue weighted by Gasteiger charge is 2.44. The number of rotatable bonds is 4. The first-order valence-corrected chi connectivity index (χ1v) is 8.57. The van der Waals surface area contributed by atoms with E-state index in [2.05, 4.69) is 22.1 Å². The van der Waals surface area contributed by atoms with Gasteiger partial charge in [0.25, 0.3) is 0 Å². The zero-order valence-electron chi connectivity index (χ0n) is 14.7. The minimum atomic E-state index is -1.08. The Kier molecular flexibility index (Phi) is 5.43.